The highest BCUT2D eigenvalue weighted by Crippen LogP contribution is 2.60. The van der Waals surface area contributed by atoms with E-state index in [9.17, 15) is 8.42 Å². The fourth-order valence-corrected chi connectivity index (χ4v) is 8.25. The fraction of sp³-hybridized carbons (Fsp3) is 0.571. The van der Waals surface area contributed by atoms with Crippen molar-refractivity contribution in [3.05, 3.63) is 29.3 Å². The van der Waals surface area contributed by atoms with Crippen molar-refractivity contribution >= 4 is 26.5 Å². The molecule has 6 nitrogen and oxygen atoms in total. The quantitative estimate of drug-likeness (QED) is 0.728. The number of hydrogen-bond acceptors (Lipinski definition) is 6. The predicted molar refractivity (Wildman–Crippen MR) is 112 cm³/mol. The molecule has 0 saturated heterocycles. The van der Waals surface area contributed by atoms with Crippen LogP contribution in [0.5, 0.6) is 11.5 Å². The summed E-state index contributed by atoms with van der Waals surface area (Å²) in [6.45, 7) is 0. The van der Waals surface area contributed by atoms with Gasteiger partial charge in [-0.25, -0.2) is 13.4 Å². The van der Waals surface area contributed by atoms with Crippen LogP contribution in [0.25, 0.3) is 0 Å². The third kappa shape index (κ3) is 3.30. The molecule has 4 fully saturated rings. The first kappa shape index (κ1) is 19.2. The molecular weight excluding hydrogens is 408 g/mol. The van der Waals surface area contributed by atoms with E-state index < -0.39 is 10.0 Å². The minimum atomic E-state index is -3.75. The van der Waals surface area contributed by atoms with Crippen molar-refractivity contribution in [3.63, 3.8) is 0 Å². The number of rotatable bonds is 6. The maximum atomic E-state index is 12.9. The molecule has 4 bridgehead atoms. The number of aromatic nitrogens is 1. The number of sulfonamides is 1. The topological polar surface area (TPSA) is 77.5 Å². The van der Waals surface area contributed by atoms with Gasteiger partial charge in [-0.05, 0) is 68.4 Å². The monoisotopic (exact) mass is 434 g/mol. The van der Waals surface area contributed by atoms with Crippen LogP contribution < -0.4 is 14.2 Å². The zero-order valence-corrected chi connectivity index (χ0v) is 18.3. The van der Waals surface area contributed by atoms with Crippen LogP contribution in [-0.2, 0) is 15.4 Å². The highest BCUT2D eigenvalue weighted by molar-refractivity contribution is 7.93. The van der Waals surface area contributed by atoms with E-state index in [2.05, 4.69) is 10.1 Å². The Kier molecular flexibility index (Phi) is 4.55. The van der Waals surface area contributed by atoms with Crippen molar-refractivity contribution in [2.45, 2.75) is 48.8 Å². The third-order valence-corrected chi connectivity index (χ3v) is 9.20. The Labute approximate surface area is 175 Å². The van der Waals surface area contributed by atoms with Gasteiger partial charge in [-0.1, -0.05) is 0 Å². The molecule has 0 unspecified atom stereocenters. The largest absolute Gasteiger partial charge is 0.493 e. The van der Waals surface area contributed by atoms with Gasteiger partial charge in [-0.2, -0.15) is 0 Å². The van der Waals surface area contributed by atoms with Crippen molar-refractivity contribution in [2.24, 2.45) is 17.8 Å². The first-order valence-corrected chi connectivity index (χ1v) is 12.5. The van der Waals surface area contributed by atoms with Crippen molar-refractivity contribution in [1.29, 1.82) is 0 Å². The van der Waals surface area contributed by atoms with E-state index in [-0.39, 0.29) is 10.3 Å². The summed E-state index contributed by atoms with van der Waals surface area (Å²) < 4.78 is 38.9. The number of nitrogens with one attached hydrogen (secondary N) is 1. The van der Waals surface area contributed by atoms with Crippen LogP contribution >= 0.6 is 11.3 Å². The number of methoxy groups -OCH3 is 2. The molecule has 1 aromatic heterocycles. The van der Waals surface area contributed by atoms with Gasteiger partial charge < -0.3 is 9.47 Å². The zero-order chi connectivity index (χ0) is 20.2. The Morgan fingerprint density at radius 2 is 1.66 bits per heavy atom. The van der Waals surface area contributed by atoms with Gasteiger partial charge in [0.15, 0.2) is 16.6 Å². The fourth-order valence-electron chi connectivity index (χ4n) is 6.15. The molecule has 0 amide bonds. The van der Waals surface area contributed by atoms with Gasteiger partial charge >= 0.3 is 0 Å². The molecule has 8 heteroatoms. The first-order valence-electron chi connectivity index (χ1n) is 10.1. The van der Waals surface area contributed by atoms with Gasteiger partial charge in [0.25, 0.3) is 10.0 Å². The lowest BCUT2D eigenvalue weighted by Gasteiger charge is -2.56. The van der Waals surface area contributed by atoms with Crippen molar-refractivity contribution in [3.8, 4) is 11.5 Å². The number of hydrogen-bond donors (Lipinski definition) is 1. The molecule has 2 aromatic rings. The van der Waals surface area contributed by atoms with Crippen LogP contribution in [0.15, 0.2) is 28.5 Å². The highest BCUT2D eigenvalue weighted by atomic mass is 32.2. The number of anilines is 1. The number of nitrogens with zero attached hydrogens (tertiary/aromatic N) is 1. The molecule has 0 radical (unpaired) electrons. The number of benzene rings is 1. The lowest BCUT2D eigenvalue weighted by atomic mass is 9.49. The molecular formula is C21H26N2O4S2. The van der Waals surface area contributed by atoms with E-state index in [1.165, 1.54) is 76.2 Å². The number of ether oxygens (including phenoxy) is 2. The van der Waals surface area contributed by atoms with Crippen LogP contribution in [0.1, 0.15) is 44.2 Å². The lowest BCUT2D eigenvalue weighted by Crippen LogP contribution is -2.48. The van der Waals surface area contributed by atoms with Crippen LogP contribution in [-0.4, -0.2) is 27.6 Å². The van der Waals surface area contributed by atoms with Crippen LogP contribution in [0.3, 0.4) is 0 Å². The van der Waals surface area contributed by atoms with E-state index in [0.717, 1.165) is 23.4 Å². The molecule has 4 saturated carbocycles. The summed E-state index contributed by atoms with van der Waals surface area (Å²) >= 11 is 1.38. The maximum absolute atomic E-state index is 12.9. The Bertz CT molecular complexity index is 996. The highest BCUT2D eigenvalue weighted by Gasteiger charge is 2.52. The van der Waals surface area contributed by atoms with Gasteiger partial charge in [-0.15, -0.1) is 11.3 Å². The Hall–Kier alpha value is -1.80. The van der Waals surface area contributed by atoms with Gasteiger partial charge in [0.1, 0.15) is 0 Å². The van der Waals surface area contributed by atoms with Crippen LogP contribution in [0.2, 0.25) is 0 Å². The SMILES string of the molecule is COc1ccc(S(=O)(=O)Nc2nc(C34CC5CC(CC(C5)C3)C4)cs2)cc1OC. The summed E-state index contributed by atoms with van der Waals surface area (Å²) in [5.41, 5.74) is 1.25. The molecule has 1 N–H and O–H groups in total. The molecule has 0 atom stereocenters. The average molecular weight is 435 g/mol. The summed E-state index contributed by atoms with van der Waals surface area (Å²) in [6, 6.07) is 4.57. The second-order valence-corrected chi connectivity index (χ2v) is 11.4. The van der Waals surface area contributed by atoms with E-state index >= 15 is 0 Å². The summed E-state index contributed by atoms with van der Waals surface area (Å²) in [5, 5.41) is 2.50. The van der Waals surface area contributed by atoms with E-state index in [4.69, 9.17) is 14.5 Å². The summed E-state index contributed by atoms with van der Waals surface area (Å²) in [6.07, 6.45) is 7.77. The molecule has 0 aliphatic heterocycles. The lowest BCUT2D eigenvalue weighted by molar-refractivity contribution is -0.00688. The van der Waals surface area contributed by atoms with Gasteiger partial charge in [0.2, 0.25) is 0 Å². The molecule has 1 aromatic carbocycles. The first-order chi connectivity index (χ1) is 13.9. The van der Waals surface area contributed by atoms with Gasteiger partial charge in [-0.3, -0.25) is 4.72 Å². The normalized spacial score (nSPS) is 30.3. The second kappa shape index (κ2) is 6.87. The van der Waals surface area contributed by atoms with E-state index in [0.29, 0.717) is 16.6 Å². The summed E-state index contributed by atoms with van der Waals surface area (Å²) in [7, 11) is -0.745. The van der Waals surface area contributed by atoms with Gasteiger partial charge in [0.05, 0.1) is 24.8 Å². The minimum absolute atomic E-state index is 0.127. The standard InChI is InChI=1S/C21H26N2O4S2/c1-26-17-4-3-16(8-18(17)27-2)29(24,25)23-20-22-19(12-28-20)21-9-13-5-14(10-21)7-15(6-13)11-21/h3-4,8,12-15H,5-7,9-11H2,1-2H3,(H,22,23). The second-order valence-electron chi connectivity index (χ2n) is 8.86. The molecule has 29 heavy (non-hydrogen) atoms. The molecule has 4 aliphatic carbocycles. The van der Waals surface area contributed by atoms with E-state index in [1.54, 1.807) is 6.07 Å². The minimum Gasteiger partial charge on any atom is -0.493 e. The smallest absolute Gasteiger partial charge is 0.263 e. The Balaban J connectivity index is 1.39. The summed E-state index contributed by atoms with van der Waals surface area (Å²) in [4.78, 5) is 4.89. The van der Waals surface area contributed by atoms with Crippen molar-refractivity contribution < 1.29 is 17.9 Å². The van der Waals surface area contributed by atoms with E-state index in [1.807, 2.05) is 0 Å². The third-order valence-electron chi connectivity index (χ3n) is 6.97. The summed E-state index contributed by atoms with van der Waals surface area (Å²) in [5.74, 6) is 3.35. The molecule has 4 aliphatic rings. The Morgan fingerprint density at radius 3 is 2.24 bits per heavy atom. The maximum Gasteiger partial charge on any atom is 0.263 e. The van der Waals surface area contributed by atoms with Crippen molar-refractivity contribution in [1.82, 2.24) is 4.98 Å². The molecule has 1 heterocycles. The zero-order valence-electron chi connectivity index (χ0n) is 16.7. The molecule has 6 rings (SSSR count). The van der Waals surface area contributed by atoms with Gasteiger partial charge in [0, 0.05) is 16.9 Å². The molecule has 156 valence electrons. The van der Waals surface area contributed by atoms with Crippen LogP contribution in [0.4, 0.5) is 5.13 Å². The van der Waals surface area contributed by atoms with Crippen molar-refractivity contribution in [2.75, 3.05) is 18.9 Å². The van der Waals surface area contributed by atoms with Crippen LogP contribution in [0, 0.1) is 17.8 Å². The average Bonchev–Trinajstić information content (AvgIpc) is 3.15. The predicted octanol–water partition coefficient (Wildman–Crippen LogP) is 4.43. The number of thiazole rings is 1. The Morgan fingerprint density at radius 1 is 1.03 bits per heavy atom. The molecule has 0 spiro atoms.